The van der Waals surface area contributed by atoms with Crippen molar-refractivity contribution in [3.63, 3.8) is 0 Å². The van der Waals surface area contributed by atoms with Gasteiger partial charge in [0.2, 0.25) is 5.91 Å². The second kappa shape index (κ2) is 3.96. The molecule has 1 aliphatic rings. The summed E-state index contributed by atoms with van der Waals surface area (Å²) in [6.45, 7) is 4.25. The average molecular weight is 200 g/mol. The van der Waals surface area contributed by atoms with E-state index in [1.54, 1.807) is 16.8 Å². The van der Waals surface area contributed by atoms with Gasteiger partial charge in [-0.05, 0) is 20.9 Å². The van der Waals surface area contributed by atoms with Gasteiger partial charge in [0.05, 0.1) is 6.54 Å². The van der Waals surface area contributed by atoms with Crippen molar-refractivity contribution in [3.05, 3.63) is 0 Å². The van der Waals surface area contributed by atoms with Crippen molar-refractivity contribution in [1.29, 1.82) is 0 Å². The van der Waals surface area contributed by atoms with E-state index in [-0.39, 0.29) is 25.0 Å². The Morgan fingerprint density at radius 3 is 2.57 bits per heavy atom. The second-order valence-corrected chi connectivity index (χ2v) is 3.91. The lowest BCUT2D eigenvalue weighted by molar-refractivity contribution is -0.151. The Bertz CT molecular complexity index is 252. The quantitative estimate of drug-likeness (QED) is 0.660. The first kappa shape index (κ1) is 11.0. The minimum absolute atomic E-state index is 0.000000000000000222. The van der Waals surface area contributed by atoms with Crippen LogP contribution in [0.5, 0.6) is 0 Å². The Hall–Kier alpha value is -1.10. The lowest BCUT2D eigenvalue weighted by atomic mass is 10.1. The number of likely N-dealkylation sites (N-methyl/N-ethyl adjacent to an activating group) is 1. The van der Waals surface area contributed by atoms with Crippen molar-refractivity contribution in [2.75, 3.05) is 20.1 Å². The number of hydrogen-bond acceptors (Lipinski definition) is 3. The zero-order chi connectivity index (χ0) is 10.9. The zero-order valence-electron chi connectivity index (χ0n) is 8.73. The number of carbonyl (C=O) groups is 2. The summed E-state index contributed by atoms with van der Waals surface area (Å²) in [5, 5.41) is 8.91. The smallest absolute Gasteiger partial charge is 0.322 e. The van der Waals surface area contributed by atoms with E-state index in [2.05, 4.69) is 0 Å². The van der Waals surface area contributed by atoms with Crippen LogP contribution < -0.4 is 0 Å². The highest BCUT2D eigenvalue weighted by molar-refractivity contribution is 5.83. The summed E-state index contributed by atoms with van der Waals surface area (Å²) < 4.78 is 0. The minimum Gasteiger partial charge on any atom is -0.480 e. The molecule has 1 heterocycles. The SMILES string of the molecule is CC(C)N1CC(C(=O)O)N(C)CC1=O. The molecule has 0 aromatic carbocycles. The number of rotatable bonds is 2. The van der Waals surface area contributed by atoms with Crippen molar-refractivity contribution < 1.29 is 14.7 Å². The normalized spacial score (nSPS) is 24.4. The van der Waals surface area contributed by atoms with Crippen LogP contribution in [0.3, 0.4) is 0 Å². The Balaban J connectivity index is 2.75. The maximum atomic E-state index is 11.5. The van der Waals surface area contributed by atoms with E-state index in [0.717, 1.165) is 0 Å². The molecule has 1 fully saturated rings. The number of amides is 1. The fourth-order valence-corrected chi connectivity index (χ4v) is 1.61. The highest BCUT2D eigenvalue weighted by Crippen LogP contribution is 2.11. The van der Waals surface area contributed by atoms with Gasteiger partial charge in [-0.25, -0.2) is 0 Å². The number of nitrogens with zero attached hydrogens (tertiary/aromatic N) is 2. The molecule has 1 aliphatic heterocycles. The van der Waals surface area contributed by atoms with Gasteiger partial charge in [-0.1, -0.05) is 0 Å². The summed E-state index contributed by atoms with van der Waals surface area (Å²) in [4.78, 5) is 25.5. The molecular formula is C9H16N2O3. The van der Waals surface area contributed by atoms with Crippen LogP contribution in [0, 0.1) is 0 Å². The highest BCUT2D eigenvalue weighted by atomic mass is 16.4. The van der Waals surface area contributed by atoms with Crippen LogP contribution in [-0.4, -0.2) is 59.0 Å². The molecule has 0 aromatic rings. The van der Waals surface area contributed by atoms with Gasteiger partial charge in [-0.2, -0.15) is 0 Å². The average Bonchev–Trinajstić information content (AvgIpc) is 2.02. The van der Waals surface area contributed by atoms with Crippen LogP contribution in [0.4, 0.5) is 0 Å². The maximum Gasteiger partial charge on any atom is 0.322 e. The molecule has 0 radical (unpaired) electrons. The lowest BCUT2D eigenvalue weighted by Crippen LogP contribution is -2.59. The van der Waals surface area contributed by atoms with Gasteiger partial charge >= 0.3 is 5.97 Å². The van der Waals surface area contributed by atoms with E-state index in [0.29, 0.717) is 0 Å². The van der Waals surface area contributed by atoms with E-state index in [1.165, 1.54) is 0 Å². The standard InChI is InChI=1S/C9H16N2O3/c1-6(2)11-4-7(9(13)14)10(3)5-8(11)12/h6-7H,4-5H2,1-3H3,(H,13,14). The van der Waals surface area contributed by atoms with Gasteiger partial charge in [-0.3, -0.25) is 14.5 Å². The van der Waals surface area contributed by atoms with Crippen molar-refractivity contribution in [1.82, 2.24) is 9.80 Å². The predicted molar refractivity (Wildman–Crippen MR) is 50.9 cm³/mol. The van der Waals surface area contributed by atoms with E-state index in [9.17, 15) is 9.59 Å². The van der Waals surface area contributed by atoms with Gasteiger partial charge in [0.1, 0.15) is 6.04 Å². The molecule has 0 aromatic heterocycles. The highest BCUT2D eigenvalue weighted by Gasteiger charge is 2.34. The van der Waals surface area contributed by atoms with Crippen molar-refractivity contribution in [2.24, 2.45) is 0 Å². The number of carboxylic acid groups (broad SMARTS) is 1. The molecule has 0 saturated carbocycles. The molecule has 1 atom stereocenters. The molecule has 1 unspecified atom stereocenters. The van der Waals surface area contributed by atoms with Gasteiger partial charge in [-0.15, -0.1) is 0 Å². The van der Waals surface area contributed by atoms with E-state index in [1.807, 2.05) is 13.8 Å². The van der Waals surface area contributed by atoms with E-state index >= 15 is 0 Å². The van der Waals surface area contributed by atoms with E-state index < -0.39 is 12.0 Å². The lowest BCUT2D eigenvalue weighted by Gasteiger charge is -2.38. The second-order valence-electron chi connectivity index (χ2n) is 3.91. The summed E-state index contributed by atoms with van der Waals surface area (Å²) in [7, 11) is 1.66. The Morgan fingerprint density at radius 1 is 1.57 bits per heavy atom. The molecule has 5 nitrogen and oxygen atoms in total. The Labute approximate surface area is 83.3 Å². The van der Waals surface area contributed by atoms with Crippen LogP contribution in [0.25, 0.3) is 0 Å². The van der Waals surface area contributed by atoms with Crippen LogP contribution >= 0.6 is 0 Å². The molecule has 14 heavy (non-hydrogen) atoms. The fourth-order valence-electron chi connectivity index (χ4n) is 1.61. The summed E-state index contributed by atoms with van der Waals surface area (Å²) in [5.74, 6) is -0.870. The third-order valence-corrected chi connectivity index (χ3v) is 2.52. The van der Waals surface area contributed by atoms with E-state index in [4.69, 9.17) is 5.11 Å². The van der Waals surface area contributed by atoms with Crippen LogP contribution in [0.1, 0.15) is 13.8 Å². The van der Waals surface area contributed by atoms with Gasteiger partial charge < -0.3 is 10.0 Å². The number of carbonyl (C=O) groups excluding carboxylic acids is 1. The van der Waals surface area contributed by atoms with Gasteiger partial charge in [0, 0.05) is 12.6 Å². The van der Waals surface area contributed by atoms with Crippen molar-refractivity contribution in [3.8, 4) is 0 Å². The third-order valence-electron chi connectivity index (χ3n) is 2.52. The Kier molecular flexibility index (Phi) is 3.10. The predicted octanol–water partition coefficient (Wildman–Crippen LogP) is -0.378. The first-order chi connectivity index (χ1) is 6.43. The summed E-state index contributed by atoms with van der Waals surface area (Å²) in [6.07, 6.45) is 0. The fraction of sp³-hybridized carbons (Fsp3) is 0.778. The van der Waals surface area contributed by atoms with Crippen LogP contribution in [-0.2, 0) is 9.59 Å². The van der Waals surface area contributed by atoms with Crippen LogP contribution in [0.15, 0.2) is 0 Å². The summed E-state index contributed by atoms with van der Waals surface area (Å²) in [6, 6.07) is -0.506. The zero-order valence-corrected chi connectivity index (χ0v) is 8.73. The minimum atomic E-state index is -0.870. The molecule has 5 heteroatoms. The molecule has 1 amide bonds. The van der Waals surface area contributed by atoms with Gasteiger partial charge in [0.15, 0.2) is 0 Å². The first-order valence-corrected chi connectivity index (χ1v) is 4.66. The summed E-state index contributed by atoms with van der Waals surface area (Å²) >= 11 is 0. The molecular weight excluding hydrogens is 184 g/mol. The van der Waals surface area contributed by atoms with Crippen molar-refractivity contribution >= 4 is 11.9 Å². The summed E-state index contributed by atoms with van der Waals surface area (Å²) in [5.41, 5.74) is 0. The molecule has 1 rings (SSSR count). The largest absolute Gasteiger partial charge is 0.480 e. The number of carboxylic acids is 1. The maximum absolute atomic E-state index is 11.5. The molecule has 0 aliphatic carbocycles. The number of piperazine rings is 1. The molecule has 0 bridgehead atoms. The first-order valence-electron chi connectivity index (χ1n) is 4.66. The molecule has 1 saturated heterocycles. The third kappa shape index (κ3) is 2.04. The molecule has 0 spiro atoms. The number of aliphatic carboxylic acids is 1. The number of hydrogen-bond donors (Lipinski definition) is 1. The molecule has 80 valence electrons. The topological polar surface area (TPSA) is 60.9 Å². The monoisotopic (exact) mass is 200 g/mol. The van der Waals surface area contributed by atoms with Crippen molar-refractivity contribution in [2.45, 2.75) is 25.9 Å². The Morgan fingerprint density at radius 2 is 2.14 bits per heavy atom. The van der Waals surface area contributed by atoms with Gasteiger partial charge in [0.25, 0.3) is 0 Å². The molecule has 1 N–H and O–H groups in total. The van der Waals surface area contributed by atoms with Crippen LogP contribution in [0.2, 0.25) is 0 Å².